The first kappa shape index (κ1) is 12.6. The fraction of sp³-hybridized carbons (Fsp3) is 0.0769. The van der Waals surface area contributed by atoms with E-state index in [2.05, 4.69) is 15.9 Å². The van der Waals surface area contributed by atoms with Crippen LogP contribution in [0, 0.1) is 0 Å². The molecule has 1 heterocycles. The average molecular weight is 308 g/mol. The van der Waals surface area contributed by atoms with Gasteiger partial charge in [-0.05, 0) is 27.6 Å². The number of carboxylic acid groups (broad SMARTS) is 1. The number of carboxylic acids is 1. The second-order valence-corrected chi connectivity index (χ2v) is 4.71. The van der Waals surface area contributed by atoms with Crippen LogP contribution in [-0.4, -0.2) is 15.6 Å². The quantitative estimate of drug-likeness (QED) is 0.947. The van der Waals surface area contributed by atoms with E-state index in [1.807, 2.05) is 30.3 Å². The SMILES string of the molecule is O=C(O)c1cc(Br)cn(Cc2ccccc2)c1=O. The Morgan fingerprint density at radius 1 is 1.28 bits per heavy atom. The first-order chi connectivity index (χ1) is 8.58. The first-order valence-corrected chi connectivity index (χ1v) is 6.04. The van der Waals surface area contributed by atoms with Crippen LogP contribution in [0.5, 0.6) is 0 Å². The summed E-state index contributed by atoms with van der Waals surface area (Å²) in [6, 6.07) is 10.7. The molecule has 4 nitrogen and oxygen atoms in total. The van der Waals surface area contributed by atoms with E-state index >= 15 is 0 Å². The lowest BCUT2D eigenvalue weighted by molar-refractivity contribution is 0.0694. The summed E-state index contributed by atoms with van der Waals surface area (Å²) in [5.41, 5.74) is 0.198. The molecule has 0 aliphatic carbocycles. The van der Waals surface area contributed by atoms with E-state index in [1.165, 1.54) is 10.6 Å². The van der Waals surface area contributed by atoms with Gasteiger partial charge in [-0.1, -0.05) is 30.3 Å². The standard InChI is InChI=1S/C13H10BrNO3/c14-10-6-11(13(17)18)12(16)15(8-10)7-9-4-2-1-3-5-9/h1-6,8H,7H2,(H,17,18). The Labute approximate surface area is 112 Å². The third-order valence-corrected chi connectivity index (χ3v) is 2.91. The molecule has 1 aromatic carbocycles. The molecule has 0 bridgehead atoms. The van der Waals surface area contributed by atoms with Crippen LogP contribution in [-0.2, 0) is 6.54 Å². The van der Waals surface area contributed by atoms with Crippen molar-refractivity contribution in [3.63, 3.8) is 0 Å². The highest BCUT2D eigenvalue weighted by Crippen LogP contribution is 2.10. The minimum Gasteiger partial charge on any atom is -0.477 e. The number of benzene rings is 1. The molecule has 0 saturated heterocycles. The molecule has 92 valence electrons. The van der Waals surface area contributed by atoms with Gasteiger partial charge in [-0.15, -0.1) is 0 Å². The summed E-state index contributed by atoms with van der Waals surface area (Å²) in [4.78, 5) is 22.9. The number of hydrogen-bond acceptors (Lipinski definition) is 2. The lowest BCUT2D eigenvalue weighted by Crippen LogP contribution is -2.26. The Kier molecular flexibility index (Phi) is 3.62. The Balaban J connectivity index is 2.46. The molecule has 1 N–H and O–H groups in total. The van der Waals surface area contributed by atoms with E-state index in [4.69, 9.17) is 5.11 Å². The van der Waals surface area contributed by atoms with E-state index in [-0.39, 0.29) is 5.56 Å². The molecule has 0 atom stereocenters. The van der Waals surface area contributed by atoms with Crippen molar-refractivity contribution in [2.45, 2.75) is 6.54 Å². The van der Waals surface area contributed by atoms with Gasteiger partial charge in [0.15, 0.2) is 0 Å². The fourth-order valence-electron chi connectivity index (χ4n) is 1.65. The summed E-state index contributed by atoms with van der Waals surface area (Å²) in [6.45, 7) is 0.347. The van der Waals surface area contributed by atoms with Crippen molar-refractivity contribution in [2.75, 3.05) is 0 Å². The third kappa shape index (κ3) is 2.68. The highest BCUT2D eigenvalue weighted by atomic mass is 79.9. The number of aromatic carboxylic acids is 1. The molecule has 0 unspecified atom stereocenters. The Morgan fingerprint density at radius 2 is 1.94 bits per heavy atom. The molecule has 0 saturated carbocycles. The molecular formula is C13H10BrNO3. The molecule has 5 heteroatoms. The van der Waals surface area contributed by atoms with Gasteiger partial charge in [0, 0.05) is 10.7 Å². The maximum absolute atomic E-state index is 11.9. The highest BCUT2D eigenvalue weighted by molar-refractivity contribution is 9.10. The van der Waals surface area contributed by atoms with Gasteiger partial charge < -0.3 is 9.67 Å². The van der Waals surface area contributed by atoms with E-state index in [1.54, 1.807) is 6.20 Å². The van der Waals surface area contributed by atoms with Gasteiger partial charge >= 0.3 is 5.97 Å². The number of nitrogens with zero attached hydrogens (tertiary/aromatic N) is 1. The predicted molar refractivity (Wildman–Crippen MR) is 70.9 cm³/mol. The maximum Gasteiger partial charge on any atom is 0.341 e. The normalized spacial score (nSPS) is 10.3. The van der Waals surface area contributed by atoms with Crippen molar-refractivity contribution in [1.82, 2.24) is 4.57 Å². The van der Waals surface area contributed by atoms with E-state index in [9.17, 15) is 9.59 Å². The lowest BCUT2D eigenvalue weighted by atomic mass is 10.2. The van der Waals surface area contributed by atoms with E-state index < -0.39 is 11.5 Å². The molecule has 18 heavy (non-hydrogen) atoms. The average Bonchev–Trinajstić information content (AvgIpc) is 2.34. The Morgan fingerprint density at radius 3 is 2.56 bits per heavy atom. The van der Waals surface area contributed by atoms with Gasteiger partial charge in [-0.3, -0.25) is 4.79 Å². The first-order valence-electron chi connectivity index (χ1n) is 5.25. The number of halogens is 1. The van der Waals surface area contributed by atoms with Crippen LogP contribution in [0.3, 0.4) is 0 Å². The largest absolute Gasteiger partial charge is 0.477 e. The maximum atomic E-state index is 11.9. The minimum atomic E-state index is -1.22. The van der Waals surface area contributed by atoms with Crippen molar-refractivity contribution >= 4 is 21.9 Å². The van der Waals surface area contributed by atoms with Gasteiger partial charge in [-0.25, -0.2) is 4.79 Å². The molecule has 0 spiro atoms. The van der Waals surface area contributed by atoms with E-state index in [0.717, 1.165) is 5.56 Å². The summed E-state index contributed by atoms with van der Waals surface area (Å²) < 4.78 is 1.94. The Hall–Kier alpha value is -1.88. The summed E-state index contributed by atoms with van der Waals surface area (Å²) in [7, 11) is 0. The minimum absolute atomic E-state index is 0.236. The highest BCUT2D eigenvalue weighted by Gasteiger charge is 2.12. The zero-order valence-electron chi connectivity index (χ0n) is 9.34. The fourth-order valence-corrected chi connectivity index (χ4v) is 2.13. The van der Waals surface area contributed by atoms with Crippen LogP contribution in [0.15, 0.2) is 51.9 Å². The molecule has 1 aromatic heterocycles. The number of aromatic nitrogens is 1. The van der Waals surface area contributed by atoms with Gasteiger partial charge in [0.05, 0.1) is 6.54 Å². The lowest BCUT2D eigenvalue weighted by Gasteiger charge is -2.07. The van der Waals surface area contributed by atoms with Crippen LogP contribution < -0.4 is 5.56 Å². The molecular weight excluding hydrogens is 298 g/mol. The summed E-state index contributed by atoms with van der Waals surface area (Å²) in [5, 5.41) is 8.95. The topological polar surface area (TPSA) is 59.3 Å². The molecule has 0 aliphatic heterocycles. The van der Waals surface area contributed by atoms with E-state index in [0.29, 0.717) is 11.0 Å². The predicted octanol–water partition coefficient (Wildman–Crippen LogP) is 2.36. The van der Waals surface area contributed by atoms with Crippen LogP contribution in [0.25, 0.3) is 0 Å². The van der Waals surface area contributed by atoms with Gasteiger partial charge in [-0.2, -0.15) is 0 Å². The summed E-state index contributed by atoms with van der Waals surface area (Å²) in [6.07, 6.45) is 1.59. The Bertz CT molecular complexity index is 634. The number of hydrogen-bond donors (Lipinski definition) is 1. The monoisotopic (exact) mass is 307 g/mol. The molecule has 0 amide bonds. The van der Waals surface area contributed by atoms with Crippen LogP contribution in [0.4, 0.5) is 0 Å². The van der Waals surface area contributed by atoms with Crippen molar-refractivity contribution < 1.29 is 9.90 Å². The van der Waals surface area contributed by atoms with Crippen molar-refractivity contribution in [3.8, 4) is 0 Å². The van der Waals surface area contributed by atoms with Crippen molar-refractivity contribution in [2.24, 2.45) is 0 Å². The van der Waals surface area contributed by atoms with Crippen LogP contribution in [0.2, 0.25) is 0 Å². The van der Waals surface area contributed by atoms with Gasteiger partial charge in [0.2, 0.25) is 0 Å². The molecule has 0 radical (unpaired) electrons. The summed E-state index contributed by atoms with van der Waals surface area (Å²) in [5.74, 6) is -1.22. The van der Waals surface area contributed by atoms with Gasteiger partial charge in [0.1, 0.15) is 5.56 Å². The zero-order chi connectivity index (χ0) is 13.1. The number of carbonyl (C=O) groups is 1. The zero-order valence-corrected chi connectivity index (χ0v) is 10.9. The molecule has 0 aliphatic rings. The smallest absolute Gasteiger partial charge is 0.341 e. The molecule has 2 rings (SSSR count). The van der Waals surface area contributed by atoms with Crippen LogP contribution in [0.1, 0.15) is 15.9 Å². The number of pyridine rings is 1. The van der Waals surface area contributed by atoms with Gasteiger partial charge in [0.25, 0.3) is 5.56 Å². The molecule has 2 aromatic rings. The summed E-state index contributed by atoms with van der Waals surface area (Å²) >= 11 is 3.21. The van der Waals surface area contributed by atoms with Crippen molar-refractivity contribution in [3.05, 3.63) is 68.5 Å². The van der Waals surface area contributed by atoms with Crippen molar-refractivity contribution in [1.29, 1.82) is 0 Å². The molecule has 0 fully saturated rings. The van der Waals surface area contributed by atoms with Crippen LogP contribution >= 0.6 is 15.9 Å². The second-order valence-electron chi connectivity index (χ2n) is 3.80. The third-order valence-electron chi connectivity index (χ3n) is 2.48. The second kappa shape index (κ2) is 5.18. The number of rotatable bonds is 3.